The van der Waals surface area contributed by atoms with E-state index >= 15 is 0 Å². The van der Waals surface area contributed by atoms with Crippen molar-refractivity contribution in [1.29, 1.82) is 0 Å². The van der Waals surface area contributed by atoms with E-state index < -0.39 is 12.1 Å². The lowest BCUT2D eigenvalue weighted by Crippen LogP contribution is -2.42. The molecule has 1 aromatic carbocycles. The molecule has 26 heavy (non-hydrogen) atoms. The normalized spacial score (nSPS) is 18.1. The number of aromatic nitrogens is 2. The van der Waals surface area contributed by atoms with Crippen LogP contribution in [0, 0.1) is 5.92 Å². The Morgan fingerprint density at radius 3 is 2.42 bits per heavy atom. The molecule has 0 bridgehead atoms. The summed E-state index contributed by atoms with van der Waals surface area (Å²) in [5.41, 5.74) is 0.462. The maximum Gasteiger partial charge on any atom is 0.393 e. The molecule has 1 atom stereocenters. The molecular weight excluding hydrogens is 351 g/mol. The Morgan fingerprint density at radius 2 is 1.81 bits per heavy atom. The van der Waals surface area contributed by atoms with E-state index in [-0.39, 0.29) is 13.0 Å². The van der Waals surface area contributed by atoms with Gasteiger partial charge in [0, 0.05) is 13.1 Å². The first-order valence-corrected chi connectivity index (χ1v) is 8.16. The van der Waals surface area contributed by atoms with Gasteiger partial charge in [0.1, 0.15) is 17.7 Å². The number of alkyl halides is 3. The molecule has 1 unspecified atom stereocenters. The van der Waals surface area contributed by atoms with Gasteiger partial charge in [0.15, 0.2) is 11.5 Å². The summed E-state index contributed by atoms with van der Waals surface area (Å²) in [5, 5.41) is 0.560. The third-order valence-electron chi connectivity index (χ3n) is 4.60. The van der Waals surface area contributed by atoms with Crippen LogP contribution in [0.3, 0.4) is 0 Å². The lowest BCUT2D eigenvalue weighted by Gasteiger charge is -2.35. The molecule has 1 fully saturated rings. The zero-order valence-electron chi connectivity index (χ0n) is 14.8. The van der Waals surface area contributed by atoms with E-state index in [1.165, 1.54) is 27.7 Å². The average Bonchev–Trinajstić information content (AvgIpc) is 2.65. The van der Waals surface area contributed by atoms with E-state index in [1.807, 2.05) is 0 Å². The molecule has 1 aromatic heterocycles. The first-order chi connectivity index (χ1) is 12.4. The van der Waals surface area contributed by atoms with Crippen LogP contribution in [0.15, 0.2) is 12.4 Å². The molecule has 0 spiro atoms. The van der Waals surface area contributed by atoms with E-state index in [4.69, 9.17) is 14.2 Å². The van der Waals surface area contributed by atoms with Crippen molar-refractivity contribution in [1.82, 2.24) is 9.97 Å². The molecule has 1 saturated heterocycles. The summed E-state index contributed by atoms with van der Waals surface area (Å²) in [6.45, 7) is 0.363. The molecule has 0 N–H and O–H groups in total. The SMILES string of the molecule is COc1cc2c(N3CCCC(C(F)(F)F)C3)ncnc2c(OC)c1OC. The third kappa shape index (κ3) is 3.17. The Kier molecular flexibility index (Phi) is 4.97. The van der Waals surface area contributed by atoms with Gasteiger partial charge in [0.2, 0.25) is 5.75 Å². The molecule has 0 saturated carbocycles. The highest BCUT2D eigenvalue weighted by atomic mass is 19.4. The molecular formula is C17H20F3N3O3. The third-order valence-corrected chi connectivity index (χ3v) is 4.60. The fourth-order valence-electron chi connectivity index (χ4n) is 3.34. The van der Waals surface area contributed by atoms with E-state index in [0.29, 0.717) is 46.9 Å². The summed E-state index contributed by atoms with van der Waals surface area (Å²) in [6, 6.07) is 1.67. The smallest absolute Gasteiger partial charge is 0.393 e. The summed E-state index contributed by atoms with van der Waals surface area (Å²) in [6.07, 6.45) is -2.33. The van der Waals surface area contributed by atoms with Gasteiger partial charge >= 0.3 is 6.18 Å². The Bertz CT molecular complexity index is 798. The Balaban J connectivity index is 2.12. The van der Waals surface area contributed by atoms with Crippen molar-refractivity contribution in [3.05, 3.63) is 12.4 Å². The van der Waals surface area contributed by atoms with Crippen molar-refractivity contribution >= 4 is 16.7 Å². The topological polar surface area (TPSA) is 56.7 Å². The van der Waals surface area contributed by atoms with Gasteiger partial charge in [0.25, 0.3) is 0 Å². The average molecular weight is 371 g/mol. The van der Waals surface area contributed by atoms with Crippen LogP contribution < -0.4 is 19.1 Å². The number of rotatable bonds is 4. The monoisotopic (exact) mass is 371 g/mol. The van der Waals surface area contributed by atoms with Crippen molar-refractivity contribution in [2.24, 2.45) is 5.92 Å². The number of ether oxygens (including phenoxy) is 3. The molecule has 6 nitrogen and oxygen atoms in total. The lowest BCUT2D eigenvalue weighted by molar-refractivity contribution is -0.176. The fourth-order valence-corrected chi connectivity index (χ4v) is 3.34. The number of methoxy groups -OCH3 is 3. The number of nitrogens with zero attached hydrogens (tertiary/aromatic N) is 3. The summed E-state index contributed by atoms with van der Waals surface area (Å²) in [4.78, 5) is 10.1. The molecule has 142 valence electrons. The second kappa shape index (κ2) is 7.05. The van der Waals surface area contributed by atoms with Crippen molar-refractivity contribution in [2.45, 2.75) is 19.0 Å². The minimum absolute atomic E-state index is 0.128. The van der Waals surface area contributed by atoms with Gasteiger partial charge in [-0.3, -0.25) is 0 Å². The molecule has 1 aliphatic heterocycles. The van der Waals surface area contributed by atoms with Gasteiger partial charge in [-0.15, -0.1) is 0 Å². The number of halogens is 3. The maximum atomic E-state index is 13.2. The van der Waals surface area contributed by atoms with Gasteiger partial charge in [-0.2, -0.15) is 13.2 Å². The minimum Gasteiger partial charge on any atom is -0.493 e. The second-order valence-corrected chi connectivity index (χ2v) is 6.07. The molecule has 2 heterocycles. The Morgan fingerprint density at radius 1 is 1.08 bits per heavy atom. The predicted molar refractivity (Wildman–Crippen MR) is 90.2 cm³/mol. The van der Waals surface area contributed by atoms with E-state index in [2.05, 4.69) is 9.97 Å². The van der Waals surface area contributed by atoms with Crippen molar-refractivity contribution < 1.29 is 27.4 Å². The summed E-state index contributed by atoms with van der Waals surface area (Å²) in [7, 11) is 4.43. The molecule has 0 amide bonds. The summed E-state index contributed by atoms with van der Waals surface area (Å²) >= 11 is 0. The van der Waals surface area contributed by atoms with Crippen LogP contribution >= 0.6 is 0 Å². The van der Waals surface area contributed by atoms with Crippen LogP contribution in [0.1, 0.15) is 12.8 Å². The van der Waals surface area contributed by atoms with Gasteiger partial charge < -0.3 is 19.1 Å². The quantitative estimate of drug-likeness (QED) is 0.821. The Labute approximate surface area is 148 Å². The number of hydrogen-bond acceptors (Lipinski definition) is 6. The van der Waals surface area contributed by atoms with Gasteiger partial charge in [-0.05, 0) is 18.9 Å². The first kappa shape index (κ1) is 18.3. The standard InChI is InChI=1S/C17H20F3N3O3/c1-24-12-7-11-13(15(26-3)14(12)25-2)21-9-22-16(11)23-6-4-5-10(8-23)17(18,19)20/h7,9-10H,4-6,8H2,1-3H3. The highest BCUT2D eigenvalue weighted by Crippen LogP contribution is 2.45. The zero-order valence-corrected chi connectivity index (χ0v) is 14.8. The zero-order chi connectivity index (χ0) is 18.9. The van der Waals surface area contributed by atoms with Crippen LogP contribution in [-0.2, 0) is 0 Å². The fraction of sp³-hybridized carbons (Fsp3) is 0.529. The highest BCUT2D eigenvalue weighted by molar-refractivity contribution is 5.97. The molecule has 3 rings (SSSR count). The highest BCUT2D eigenvalue weighted by Gasteiger charge is 2.42. The molecule has 2 aromatic rings. The molecule has 0 radical (unpaired) electrons. The van der Waals surface area contributed by atoms with Crippen LogP contribution in [0.2, 0.25) is 0 Å². The first-order valence-electron chi connectivity index (χ1n) is 8.16. The number of benzene rings is 1. The van der Waals surface area contributed by atoms with E-state index in [1.54, 1.807) is 11.0 Å². The van der Waals surface area contributed by atoms with Crippen LogP contribution in [-0.4, -0.2) is 50.6 Å². The van der Waals surface area contributed by atoms with Crippen molar-refractivity contribution in [3.8, 4) is 17.2 Å². The number of piperidine rings is 1. The van der Waals surface area contributed by atoms with Crippen molar-refractivity contribution in [3.63, 3.8) is 0 Å². The van der Waals surface area contributed by atoms with E-state index in [0.717, 1.165) is 0 Å². The van der Waals surface area contributed by atoms with Crippen molar-refractivity contribution in [2.75, 3.05) is 39.3 Å². The van der Waals surface area contributed by atoms with Gasteiger partial charge in [-0.1, -0.05) is 0 Å². The predicted octanol–water partition coefficient (Wildman–Crippen LogP) is 3.43. The van der Waals surface area contributed by atoms with Gasteiger partial charge in [-0.25, -0.2) is 9.97 Å². The minimum atomic E-state index is -4.22. The molecule has 0 aliphatic carbocycles. The number of hydrogen-bond donors (Lipinski definition) is 0. The van der Waals surface area contributed by atoms with Crippen LogP contribution in [0.4, 0.5) is 19.0 Å². The van der Waals surface area contributed by atoms with Crippen LogP contribution in [0.5, 0.6) is 17.2 Å². The lowest BCUT2D eigenvalue weighted by atomic mass is 9.97. The number of fused-ring (bicyclic) bond motifs is 1. The van der Waals surface area contributed by atoms with Crippen LogP contribution in [0.25, 0.3) is 10.9 Å². The second-order valence-electron chi connectivity index (χ2n) is 6.07. The van der Waals surface area contributed by atoms with Gasteiger partial charge in [0.05, 0.1) is 32.6 Å². The molecule has 1 aliphatic rings. The molecule has 9 heteroatoms. The largest absolute Gasteiger partial charge is 0.493 e. The summed E-state index contributed by atoms with van der Waals surface area (Å²) in [5.74, 6) is 0.192. The van der Waals surface area contributed by atoms with E-state index in [9.17, 15) is 13.2 Å². The number of anilines is 1. The Hall–Kier alpha value is -2.45. The summed E-state index contributed by atoms with van der Waals surface area (Å²) < 4.78 is 55.6. The maximum absolute atomic E-state index is 13.2.